The van der Waals surface area contributed by atoms with Gasteiger partial charge in [-0.15, -0.1) is 0 Å². The van der Waals surface area contributed by atoms with Crippen LogP contribution in [-0.4, -0.2) is 47.7 Å². The second-order valence-corrected chi connectivity index (χ2v) is 4.51. The third-order valence-electron chi connectivity index (χ3n) is 2.91. The minimum Gasteiger partial charge on any atom is -0.382 e. The minimum absolute atomic E-state index is 0.653. The molecule has 0 aliphatic heterocycles. The van der Waals surface area contributed by atoms with Gasteiger partial charge in [-0.3, -0.25) is 0 Å². The maximum Gasteiger partial charge on any atom is 0.140 e. The molecule has 0 saturated heterocycles. The van der Waals surface area contributed by atoms with Crippen LogP contribution in [0.4, 0.5) is 0 Å². The summed E-state index contributed by atoms with van der Waals surface area (Å²) in [5.41, 5.74) is 0. The number of nitrogens with one attached hydrogen (secondary N) is 1. The van der Waals surface area contributed by atoms with Crippen LogP contribution in [0.5, 0.6) is 0 Å². The van der Waals surface area contributed by atoms with Crippen molar-refractivity contribution in [2.45, 2.75) is 38.4 Å². The normalized spacial score (nSPS) is 15.2. The van der Waals surface area contributed by atoms with E-state index in [0.29, 0.717) is 19.3 Å². The molecular weight excluding hydrogens is 232 g/mol. The van der Waals surface area contributed by atoms with Gasteiger partial charge >= 0.3 is 0 Å². The number of rotatable bonds is 10. The van der Waals surface area contributed by atoms with Crippen LogP contribution in [0, 0.1) is 0 Å². The number of ether oxygens (including phenoxy) is 2. The Morgan fingerprint density at radius 2 is 2.28 bits per heavy atom. The van der Waals surface area contributed by atoms with Crippen molar-refractivity contribution in [3.05, 3.63) is 12.2 Å². The van der Waals surface area contributed by atoms with E-state index in [1.54, 1.807) is 13.4 Å². The van der Waals surface area contributed by atoms with E-state index >= 15 is 0 Å². The minimum atomic E-state index is 0.653. The van der Waals surface area contributed by atoms with Crippen LogP contribution >= 0.6 is 0 Å². The van der Waals surface area contributed by atoms with Gasteiger partial charge in [-0.1, -0.05) is 0 Å². The van der Waals surface area contributed by atoms with Crippen LogP contribution in [0.2, 0.25) is 0 Å². The van der Waals surface area contributed by atoms with Crippen molar-refractivity contribution in [2.24, 2.45) is 0 Å². The smallest absolute Gasteiger partial charge is 0.140 e. The summed E-state index contributed by atoms with van der Waals surface area (Å²) in [5.74, 6) is 1.01. The fourth-order valence-electron chi connectivity index (χ4n) is 1.70. The number of nitrogens with zero attached hydrogens (tertiary/aromatic N) is 3. The quantitative estimate of drug-likeness (QED) is 0.619. The summed E-state index contributed by atoms with van der Waals surface area (Å²) in [4.78, 5) is 4.27. The molecule has 1 saturated carbocycles. The lowest BCUT2D eigenvalue weighted by molar-refractivity contribution is 0.0676. The fourth-order valence-corrected chi connectivity index (χ4v) is 1.70. The van der Waals surface area contributed by atoms with Crippen LogP contribution in [0.25, 0.3) is 0 Å². The molecule has 0 unspecified atom stereocenters. The van der Waals surface area contributed by atoms with Crippen molar-refractivity contribution in [2.75, 3.05) is 26.9 Å². The lowest BCUT2D eigenvalue weighted by Gasteiger charge is -2.07. The number of hydrogen-bond acceptors (Lipinski definition) is 5. The lowest BCUT2D eigenvalue weighted by Crippen LogP contribution is -2.19. The highest BCUT2D eigenvalue weighted by molar-refractivity contribution is 4.88. The van der Waals surface area contributed by atoms with Gasteiger partial charge in [0.1, 0.15) is 12.2 Å². The first kappa shape index (κ1) is 13.5. The Bertz CT molecular complexity index is 339. The molecule has 1 fully saturated rings. The summed E-state index contributed by atoms with van der Waals surface area (Å²) >= 11 is 0. The van der Waals surface area contributed by atoms with Crippen LogP contribution in [0.1, 0.15) is 25.1 Å². The van der Waals surface area contributed by atoms with Gasteiger partial charge in [0.15, 0.2) is 0 Å². The molecule has 2 rings (SSSR count). The molecule has 1 heterocycles. The maximum absolute atomic E-state index is 5.42. The molecule has 0 bridgehead atoms. The Hall–Kier alpha value is -0.980. The number of methoxy groups -OCH3 is 1. The Kier molecular flexibility index (Phi) is 5.57. The Morgan fingerprint density at radius 1 is 1.39 bits per heavy atom. The molecule has 6 heteroatoms. The van der Waals surface area contributed by atoms with Gasteiger partial charge in [0.2, 0.25) is 0 Å². The van der Waals surface area contributed by atoms with Gasteiger partial charge in [-0.25, -0.2) is 9.67 Å². The average Bonchev–Trinajstić information content (AvgIpc) is 3.11. The van der Waals surface area contributed by atoms with Gasteiger partial charge in [-0.2, -0.15) is 5.10 Å². The van der Waals surface area contributed by atoms with E-state index in [1.807, 2.05) is 4.68 Å². The molecule has 18 heavy (non-hydrogen) atoms. The largest absolute Gasteiger partial charge is 0.382 e. The second kappa shape index (κ2) is 7.45. The van der Waals surface area contributed by atoms with Gasteiger partial charge in [0.05, 0.1) is 19.8 Å². The van der Waals surface area contributed by atoms with E-state index in [2.05, 4.69) is 15.4 Å². The Labute approximate surface area is 108 Å². The van der Waals surface area contributed by atoms with Gasteiger partial charge < -0.3 is 14.8 Å². The average molecular weight is 254 g/mol. The highest BCUT2D eigenvalue weighted by Crippen LogP contribution is 2.18. The third-order valence-corrected chi connectivity index (χ3v) is 2.91. The van der Waals surface area contributed by atoms with E-state index in [4.69, 9.17) is 9.47 Å². The van der Waals surface area contributed by atoms with E-state index in [9.17, 15) is 0 Å². The van der Waals surface area contributed by atoms with Crippen LogP contribution in [-0.2, 0) is 22.6 Å². The topological polar surface area (TPSA) is 61.2 Å². The SMILES string of the molecule is COCCOCCCn1ncnc1CNC1CC1. The molecule has 0 radical (unpaired) electrons. The molecular formula is C12H22N4O2. The zero-order valence-corrected chi connectivity index (χ0v) is 11.0. The van der Waals surface area contributed by atoms with E-state index in [1.165, 1.54) is 12.8 Å². The van der Waals surface area contributed by atoms with Crippen molar-refractivity contribution in [1.29, 1.82) is 0 Å². The maximum atomic E-state index is 5.42. The number of aromatic nitrogens is 3. The number of aryl methyl sites for hydroxylation is 1. The van der Waals surface area contributed by atoms with Crippen molar-refractivity contribution >= 4 is 0 Å². The summed E-state index contributed by atoms with van der Waals surface area (Å²) in [7, 11) is 1.68. The van der Waals surface area contributed by atoms with Gasteiger partial charge in [0, 0.05) is 26.3 Å². The van der Waals surface area contributed by atoms with Crippen molar-refractivity contribution < 1.29 is 9.47 Å². The standard InChI is InChI=1S/C12H22N4O2/c1-17-7-8-18-6-2-5-16-12(14-10-15-16)9-13-11-3-4-11/h10-11,13H,2-9H2,1H3. The van der Waals surface area contributed by atoms with Crippen LogP contribution in [0.15, 0.2) is 6.33 Å². The molecule has 0 atom stereocenters. The zero-order chi connectivity index (χ0) is 12.6. The molecule has 1 aromatic rings. The highest BCUT2D eigenvalue weighted by atomic mass is 16.5. The molecule has 0 spiro atoms. The predicted molar refractivity (Wildman–Crippen MR) is 67.2 cm³/mol. The summed E-state index contributed by atoms with van der Waals surface area (Å²) in [6.07, 6.45) is 5.15. The molecule has 6 nitrogen and oxygen atoms in total. The van der Waals surface area contributed by atoms with Crippen molar-refractivity contribution in [3.63, 3.8) is 0 Å². The Balaban J connectivity index is 1.60. The first-order chi connectivity index (χ1) is 8.90. The summed E-state index contributed by atoms with van der Waals surface area (Å²) in [6, 6.07) is 0.701. The molecule has 102 valence electrons. The van der Waals surface area contributed by atoms with E-state index in [-0.39, 0.29) is 0 Å². The summed E-state index contributed by atoms with van der Waals surface area (Å²) in [5, 5.41) is 7.68. The Morgan fingerprint density at radius 3 is 3.06 bits per heavy atom. The lowest BCUT2D eigenvalue weighted by atomic mass is 10.4. The highest BCUT2D eigenvalue weighted by Gasteiger charge is 2.20. The summed E-state index contributed by atoms with van der Waals surface area (Å²) in [6.45, 7) is 3.71. The fraction of sp³-hybridized carbons (Fsp3) is 0.833. The molecule has 1 aromatic heterocycles. The number of hydrogen-bond donors (Lipinski definition) is 1. The predicted octanol–water partition coefficient (Wildman–Crippen LogP) is 0.583. The van der Waals surface area contributed by atoms with E-state index < -0.39 is 0 Å². The van der Waals surface area contributed by atoms with E-state index in [0.717, 1.165) is 31.9 Å². The molecule has 0 amide bonds. The van der Waals surface area contributed by atoms with Crippen molar-refractivity contribution in [3.8, 4) is 0 Å². The first-order valence-corrected chi connectivity index (χ1v) is 6.57. The molecule has 1 N–H and O–H groups in total. The van der Waals surface area contributed by atoms with Gasteiger partial charge in [0.25, 0.3) is 0 Å². The zero-order valence-electron chi connectivity index (χ0n) is 11.0. The third kappa shape index (κ3) is 4.72. The van der Waals surface area contributed by atoms with Crippen molar-refractivity contribution in [1.82, 2.24) is 20.1 Å². The summed E-state index contributed by atoms with van der Waals surface area (Å²) < 4.78 is 12.3. The van der Waals surface area contributed by atoms with Crippen LogP contribution in [0.3, 0.4) is 0 Å². The van der Waals surface area contributed by atoms with Crippen LogP contribution < -0.4 is 5.32 Å². The monoisotopic (exact) mass is 254 g/mol. The molecule has 1 aliphatic rings. The second-order valence-electron chi connectivity index (χ2n) is 4.51. The molecule has 1 aliphatic carbocycles. The van der Waals surface area contributed by atoms with Gasteiger partial charge in [-0.05, 0) is 19.3 Å². The first-order valence-electron chi connectivity index (χ1n) is 6.57. The molecule has 0 aromatic carbocycles.